The lowest BCUT2D eigenvalue weighted by Gasteiger charge is -2.22. The van der Waals surface area contributed by atoms with Crippen molar-refractivity contribution < 1.29 is 38.0 Å². The molecule has 0 aromatic heterocycles. The van der Waals surface area contributed by atoms with E-state index in [-0.39, 0.29) is 48.2 Å². The van der Waals surface area contributed by atoms with Gasteiger partial charge >= 0.3 is 11.9 Å². The Morgan fingerprint density at radius 2 is 1.71 bits per heavy atom. The minimum atomic E-state index is -0.664. The first-order valence-corrected chi connectivity index (χ1v) is 12.2. The van der Waals surface area contributed by atoms with Crippen LogP contribution in [-0.2, 0) is 30.2 Å². The van der Waals surface area contributed by atoms with E-state index < -0.39 is 18.0 Å². The minimum absolute atomic E-state index is 0.0407. The van der Waals surface area contributed by atoms with Gasteiger partial charge < -0.3 is 28.4 Å². The number of ether oxygens (including phenoxy) is 6. The number of fused-ring (bicyclic) bond motifs is 1. The SMILES string of the molecule is CCOCOc1cc(OCOCC)c2c(c1Cl)CC(OC(C)=O)C=CCCC=CC[C@@H](C)OC2=O. The molecule has 0 fully saturated rings. The van der Waals surface area contributed by atoms with Gasteiger partial charge in [0.05, 0.1) is 5.02 Å². The monoisotopic (exact) mass is 510 g/mol. The predicted molar refractivity (Wildman–Crippen MR) is 132 cm³/mol. The van der Waals surface area contributed by atoms with Crippen molar-refractivity contribution in [1.29, 1.82) is 0 Å². The molecule has 0 saturated heterocycles. The van der Waals surface area contributed by atoms with Crippen LogP contribution in [0.15, 0.2) is 30.4 Å². The number of rotatable bonds is 9. The van der Waals surface area contributed by atoms with Crippen molar-refractivity contribution in [1.82, 2.24) is 0 Å². The molecule has 194 valence electrons. The van der Waals surface area contributed by atoms with Crippen molar-refractivity contribution in [3.63, 3.8) is 0 Å². The number of carbonyl (C=O) groups excluding carboxylic acids is 2. The Kier molecular flexibility index (Phi) is 12.7. The fourth-order valence-electron chi connectivity index (χ4n) is 3.37. The average Bonchev–Trinajstić information content (AvgIpc) is 2.80. The maximum Gasteiger partial charge on any atom is 0.342 e. The van der Waals surface area contributed by atoms with Crippen LogP contribution in [0.2, 0.25) is 5.02 Å². The van der Waals surface area contributed by atoms with Gasteiger partial charge in [-0.2, -0.15) is 0 Å². The third kappa shape index (κ3) is 9.55. The van der Waals surface area contributed by atoms with Gasteiger partial charge in [0.1, 0.15) is 29.3 Å². The van der Waals surface area contributed by atoms with Crippen LogP contribution in [-0.4, -0.2) is 50.9 Å². The Bertz CT molecular complexity index is 896. The Hall–Kier alpha value is -2.55. The maximum absolute atomic E-state index is 13.4. The topological polar surface area (TPSA) is 89.5 Å². The van der Waals surface area contributed by atoms with Crippen LogP contribution in [0.4, 0.5) is 0 Å². The molecule has 0 N–H and O–H groups in total. The van der Waals surface area contributed by atoms with Gasteiger partial charge in [-0.25, -0.2) is 4.79 Å². The zero-order valence-corrected chi connectivity index (χ0v) is 21.6. The molecule has 35 heavy (non-hydrogen) atoms. The van der Waals surface area contributed by atoms with Crippen molar-refractivity contribution in [3.05, 3.63) is 46.5 Å². The van der Waals surface area contributed by atoms with E-state index in [4.69, 9.17) is 40.0 Å². The van der Waals surface area contributed by atoms with Crippen LogP contribution < -0.4 is 9.47 Å². The molecule has 1 heterocycles. The summed E-state index contributed by atoms with van der Waals surface area (Å²) in [6, 6.07) is 1.52. The number of cyclic esters (lactones) is 1. The van der Waals surface area contributed by atoms with Crippen molar-refractivity contribution in [2.45, 2.75) is 65.6 Å². The molecule has 1 unspecified atom stereocenters. The molecule has 2 atom stereocenters. The number of carbonyl (C=O) groups is 2. The fourth-order valence-corrected chi connectivity index (χ4v) is 3.65. The fraction of sp³-hybridized carbons (Fsp3) is 0.538. The minimum Gasteiger partial charge on any atom is -0.466 e. The number of hydrogen-bond donors (Lipinski definition) is 0. The molecule has 0 radical (unpaired) electrons. The molecule has 0 aliphatic carbocycles. The van der Waals surface area contributed by atoms with Crippen molar-refractivity contribution in [2.75, 3.05) is 26.8 Å². The lowest BCUT2D eigenvalue weighted by Crippen LogP contribution is -2.22. The van der Waals surface area contributed by atoms with Gasteiger partial charge in [-0.15, -0.1) is 0 Å². The van der Waals surface area contributed by atoms with E-state index in [9.17, 15) is 9.59 Å². The average molecular weight is 511 g/mol. The Morgan fingerprint density at radius 1 is 1.06 bits per heavy atom. The van der Waals surface area contributed by atoms with E-state index >= 15 is 0 Å². The molecular formula is C26H35ClO8. The summed E-state index contributed by atoms with van der Waals surface area (Å²) >= 11 is 6.74. The van der Waals surface area contributed by atoms with E-state index in [1.807, 2.05) is 39.0 Å². The van der Waals surface area contributed by atoms with Crippen molar-refractivity contribution >= 4 is 23.5 Å². The highest BCUT2D eigenvalue weighted by Gasteiger charge is 2.28. The van der Waals surface area contributed by atoms with E-state index in [0.29, 0.717) is 25.2 Å². The molecule has 1 aliphatic rings. The third-order valence-electron chi connectivity index (χ3n) is 5.02. The van der Waals surface area contributed by atoms with Crippen LogP contribution in [0.5, 0.6) is 11.5 Å². The predicted octanol–water partition coefficient (Wildman–Crippen LogP) is 5.40. The van der Waals surface area contributed by atoms with Gasteiger partial charge in [-0.1, -0.05) is 29.8 Å². The molecule has 9 heteroatoms. The van der Waals surface area contributed by atoms with Gasteiger partial charge in [0.2, 0.25) is 0 Å². The normalized spacial score (nSPS) is 18.8. The summed E-state index contributed by atoms with van der Waals surface area (Å²) in [6.45, 7) is 7.57. The largest absolute Gasteiger partial charge is 0.466 e. The first kappa shape index (κ1) is 28.7. The molecule has 1 aromatic rings. The highest BCUT2D eigenvalue weighted by atomic mass is 35.5. The van der Waals surface area contributed by atoms with E-state index in [1.54, 1.807) is 6.08 Å². The molecule has 0 amide bonds. The van der Waals surface area contributed by atoms with Gasteiger partial charge in [0.25, 0.3) is 0 Å². The highest BCUT2D eigenvalue weighted by Crippen LogP contribution is 2.39. The zero-order chi connectivity index (χ0) is 25.6. The van der Waals surface area contributed by atoms with E-state index in [0.717, 1.165) is 12.8 Å². The van der Waals surface area contributed by atoms with Crippen LogP contribution in [0.3, 0.4) is 0 Å². The van der Waals surface area contributed by atoms with E-state index in [1.165, 1.54) is 13.0 Å². The van der Waals surface area contributed by atoms with Gasteiger partial charge in [-0.05, 0) is 45.3 Å². The zero-order valence-electron chi connectivity index (χ0n) is 20.8. The van der Waals surface area contributed by atoms with Gasteiger partial charge in [0, 0.05) is 39.0 Å². The maximum atomic E-state index is 13.4. The standard InChI is InChI=1S/C26H35ClO8/c1-5-30-16-32-22-15-23(33-17-31-6-2)25(27)21-14-20(35-19(4)28)13-11-9-7-8-10-12-18(3)34-26(29)24(21)22/h8,10-11,13,15,18,20H,5-7,9,12,14,16-17H2,1-4H3/t18-,20?/m1/s1. The summed E-state index contributed by atoms with van der Waals surface area (Å²) in [5.74, 6) is -0.602. The first-order chi connectivity index (χ1) is 16.9. The van der Waals surface area contributed by atoms with E-state index in [2.05, 4.69) is 0 Å². The molecule has 1 aromatic carbocycles. The van der Waals surface area contributed by atoms with Crippen LogP contribution in [0.25, 0.3) is 0 Å². The summed E-state index contributed by atoms with van der Waals surface area (Å²) in [7, 11) is 0. The number of benzene rings is 1. The molecular weight excluding hydrogens is 476 g/mol. The summed E-state index contributed by atoms with van der Waals surface area (Å²) < 4.78 is 33.4. The van der Waals surface area contributed by atoms with Crippen LogP contribution in [0, 0.1) is 0 Å². The molecule has 0 spiro atoms. The second-order valence-electron chi connectivity index (χ2n) is 7.83. The number of hydrogen-bond acceptors (Lipinski definition) is 8. The highest BCUT2D eigenvalue weighted by molar-refractivity contribution is 6.33. The van der Waals surface area contributed by atoms with Crippen LogP contribution in [0.1, 0.15) is 62.9 Å². The lowest BCUT2D eigenvalue weighted by atomic mass is 9.98. The second-order valence-corrected chi connectivity index (χ2v) is 8.21. The summed E-state index contributed by atoms with van der Waals surface area (Å²) in [4.78, 5) is 25.2. The molecule has 2 rings (SSSR count). The second kappa shape index (κ2) is 15.4. The number of halogens is 1. The number of allylic oxidation sites excluding steroid dienone is 2. The quantitative estimate of drug-likeness (QED) is 0.189. The van der Waals surface area contributed by atoms with Gasteiger partial charge in [-0.3, -0.25) is 4.79 Å². The van der Waals surface area contributed by atoms with Gasteiger partial charge in [0.15, 0.2) is 13.6 Å². The summed E-state index contributed by atoms with van der Waals surface area (Å²) in [5.41, 5.74) is 0.518. The first-order valence-electron chi connectivity index (χ1n) is 11.8. The van der Waals surface area contributed by atoms with Crippen molar-refractivity contribution in [3.8, 4) is 11.5 Å². The van der Waals surface area contributed by atoms with Crippen LogP contribution >= 0.6 is 11.6 Å². The smallest absolute Gasteiger partial charge is 0.342 e. The summed E-state index contributed by atoms with van der Waals surface area (Å²) in [5, 5.41) is 0.186. The molecule has 0 saturated carbocycles. The molecule has 0 bridgehead atoms. The summed E-state index contributed by atoms with van der Waals surface area (Å²) in [6.07, 6.45) is 8.97. The lowest BCUT2D eigenvalue weighted by molar-refractivity contribution is -0.144. The molecule has 1 aliphatic heterocycles. The number of esters is 2. The third-order valence-corrected chi connectivity index (χ3v) is 5.43. The Morgan fingerprint density at radius 3 is 2.37 bits per heavy atom. The molecule has 8 nitrogen and oxygen atoms in total. The Labute approximate surface area is 212 Å². The van der Waals surface area contributed by atoms with Crippen molar-refractivity contribution in [2.24, 2.45) is 0 Å². The Balaban J connectivity index is 2.62.